The highest BCUT2D eigenvalue weighted by molar-refractivity contribution is 6.24. The fourth-order valence-electron chi connectivity index (χ4n) is 3.98. The molecule has 0 atom stereocenters. The molecule has 6 nitrogen and oxygen atoms in total. The van der Waals surface area contributed by atoms with Crippen LogP contribution in [0.1, 0.15) is 92.9 Å². The van der Waals surface area contributed by atoms with Gasteiger partial charge in [-0.1, -0.05) is 31.3 Å². The van der Waals surface area contributed by atoms with E-state index in [-0.39, 0.29) is 23.7 Å². The smallest absolute Gasteiger partial charge is 0.168 e. The second kappa shape index (κ2) is 9.80. The first-order valence-corrected chi connectivity index (χ1v) is 10.6. The molecule has 3 rings (SSSR count). The Bertz CT molecular complexity index is 788. The summed E-state index contributed by atoms with van der Waals surface area (Å²) in [5.41, 5.74) is 2.31. The number of allylic oxidation sites excluding steroid dienone is 2. The quantitative estimate of drug-likeness (QED) is 0.397. The van der Waals surface area contributed by atoms with Gasteiger partial charge in [0.25, 0.3) is 0 Å². The van der Waals surface area contributed by atoms with Crippen molar-refractivity contribution in [3.05, 3.63) is 28.3 Å². The molecule has 152 valence electrons. The lowest BCUT2D eigenvalue weighted by Gasteiger charge is -2.18. The maximum Gasteiger partial charge on any atom is 0.168 e. The Labute approximate surface area is 166 Å². The summed E-state index contributed by atoms with van der Waals surface area (Å²) in [7, 11) is 0. The fraction of sp³-hybridized carbons (Fsp3) is 0.636. The van der Waals surface area contributed by atoms with Gasteiger partial charge in [0.1, 0.15) is 11.5 Å². The highest BCUT2D eigenvalue weighted by Crippen LogP contribution is 2.27. The molecule has 1 aromatic heterocycles. The molecule has 0 saturated heterocycles. The Morgan fingerprint density at radius 3 is 2.68 bits per heavy atom. The van der Waals surface area contributed by atoms with Crippen LogP contribution in [-0.2, 0) is 17.6 Å². The third-order valence-electron chi connectivity index (χ3n) is 5.51. The minimum atomic E-state index is -0.0330. The Balaban J connectivity index is 1.70. The zero-order valence-corrected chi connectivity index (χ0v) is 16.8. The van der Waals surface area contributed by atoms with Gasteiger partial charge in [-0.3, -0.25) is 14.6 Å². The summed E-state index contributed by atoms with van der Waals surface area (Å²) >= 11 is 0. The topological polar surface area (TPSA) is 92.8 Å². The minimum Gasteiger partial charge on any atom is -0.511 e. The largest absolute Gasteiger partial charge is 0.511 e. The molecule has 1 N–H and O–H groups in total. The van der Waals surface area contributed by atoms with Crippen LogP contribution in [0.3, 0.4) is 0 Å². The van der Waals surface area contributed by atoms with E-state index in [9.17, 15) is 14.7 Å². The van der Waals surface area contributed by atoms with Gasteiger partial charge in [0, 0.05) is 44.4 Å². The number of carbonyl (C=O) groups excluding carboxylic acids is 2. The van der Waals surface area contributed by atoms with Crippen LogP contribution in [0.25, 0.3) is 0 Å². The van der Waals surface area contributed by atoms with Crippen molar-refractivity contribution in [1.29, 1.82) is 0 Å². The van der Waals surface area contributed by atoms with Crippen LogP contribution in [-0.4, -0.2) is 34.1 Å². The first kappa shape index (κ1) is 20.5. The predicted octanol–water partition coefficient (Wildman–Crippen LogP) is 4.71. The van der Waals surface area contributed by atoms with E-state index in [2.05, 4.69) is 17.1 Å². The van der Waals surface area contributed by atoms with E-state index < -0.39 is 0 Å². The first-order chi connectivity index (χ1) is 13.6. The van der Waals surface area contributed by atoms with Crippen LogP contribution < -0.4 is 0 Å². The summed E-state index contributed by atoms with van der Waals surface area (Å²) in [6.45, 7) is 2.87. The summed E-state index contributed by atoms with van der Waals surface area (Å²) in [6.07, 6.45) is 9.17. The van der Waals surface area contributed by atoms with E-state index in [4.69, 9.17) is 4.52 Å². The molecule has 0 bridgehead atoms. The van der Waals surface area contributed by atoms with Gasteiger partial charge in [-0.2, -0.15) is 0 Å². The second-order valence-electron chi connectivity index (χ2n) is 7.69. The van der Waals surface area contributed by atoms with E-state index >= 15 is 0 Å². The molecule has 1 saturated carbocycles. The van der Waals surface area contributed by atoms with Gasteiger partial charge < -0.3 is 9.63 Å². The number of ketones is 2. The van der Waals surface area contributed by atoms with Gasteiger partial charge in [0.2, 0.25) is 0 Å². The van der Waals surface area contributed by atoms with E-state index in [1.807, 2.05) is 0 Å². The number of aryl methyl sites for hydroxylation is 2. The normalized spacial score (nSPS) is 20.5. The number of aliphatic hydroxyl groups excluding tert-OH is 1. The van der Waals surface area contributed by atoms with Crippen molar-refractivity contribution in [1.82, 2.24) is 5.16 Å². The number of Topliss-reactive ketones (excluding diaryl/α,β-unsaturated/α-hetero) is 2. The summed E-state index contributed by atoms with van der Waals surface area (Å²) in [5, 5.41) is 14.7. The van der Waals surface area contributed by atoms with Crippen LogP contribution in [0.5, 0.6) is 0 Å². The first-order valence-electron chi connectivity index (χ1n) is 10.6. The molecule has 0 radical (unpaired) electrons. The number of carbonyl (C=O) groups is 2. The number of aromatic nitrogens is 1. The van der Waals surface area contributed by atoms with Crippen LogP contribution in [0.4, 0.5) is 0 Å². The van der Waals surface area contributed by atoms with Crippen molar-refractivity contribution in [3.63, 3.8) is 0 Å². The lowest BCUT2D eigenvalue weighted by molar-refractivity contribution is -0.115. The highest BCUT2D eigenvalue weighted by atomic mass is 16.5. The Morgan fingerprint density at radius 1 is 1.07 bits per heavy atom. The molecular formula is C22H30N2O4. The van der Waals surface area contributed by atoms with Crippen LogP contribution in [0.2, 0.25) is 0 Å². The van der Waals surface area contributed by atoms with E-state index in [0.717, 1.165) is 44.2 Å². The molecule has 6 heteroatoms. The van der Waals surface area contributed by atoms with E-state index in [1.165, 1.54) is 12.8 Å². The zero-order valence-electron chi connectivity index (χ0n) is 16.8. The molecule has 0 aliphatic heterocycles. The summed E-state index contributed by atoms with van der Waals surface area (Å²) in [4.78, 5) is 29.2. The van der Waals surface area contributed by atoms with Crippen LogP contribution in [0, 0.1) is 0 Å². The molecular weight excluding hydrogens is 356 g/mol. The van der Waals surface area contributed by atoms with Gasteiger partial charge >= 0.3 is 0 Å². The zero-order chi connectivity index (χ0) is 19.9. The third-order valence-corrected chi connectivity index (χ3v) is 5.51. The Hall–Kier alpha value is -2.24. The number of aliphatic imine (C=N–C) groups is 1. The van der Waals surface area contributed by atoms with Crippen molar-refractivity contribution in [2.45, 2.75) is 84.0 Å². The molecule has 0 spiro atoms. The molecule has 0 aromatic carbocycles. The molecule has 1 fully saturated rings. The molecule has 0 unspecified atom stereocenters. The van der Waals surface area contributed by atoms with Crippen molar-refractivity contribution in [2.24, 2.45) is 4.99 Å². The average Bonchev–Trinajstić information content (AvgIpc) is 3.10. The number of unbranched alkanes of at least 4 members (excludes halogenated alkanes) is 3. The molecule has 1 aromatic rings. The second-order valence-corrected chi connectivity index (χ2v) is 7.69. The average molecular weight is 386 g/mol. The number of fused-ring (bicyclic) bond motifs is 1. The van der Waals surface area contributed by atoms with Gasteiger partial charge in [-0.05, 0) is 25.7 Å². The Morgan fingerprint density at radius 2 is 1.86 bits per heavy atom. The third kappa shape index (κ3) is 4.78. The molecule has 0 amide bonds. The van der Waals surface area contributed by atoms with Crippen molar-refractivity contribution in [2.75, 3.05) is 6.54 Å². The number of aliphatic hydroxyl groups is 1. The SMILES string of the molecule is CCCCCCN=C1CCCC(=O)/C1=C(\O)CCc1noc2c1C(=O)CCC2. The van der Waals surface area contributed by atoms with Gasteiger partial charge in [-0.25, -0.2) is 0 Å². The minimum absolute atomic E-state index is 0.0330. The molecule has 2 aliphatic rings. The number of nitrogens with zero attached hydrogens (tertiary/aromatic N) is 2. The maximum absolute atomic E-state index is 12.4. The summed E-state index contributed by atoms with van der Waals surface area (Å²) in [5.74, 6) is 0.750. The lowest BCUT2D eigenvalue weighted by atomic mass is 9.88. The lowest BCUT2D eigenvalue weighted by Crippen LogP contribution is -2.22. The van der Waals surface area contributed by atoms with Crippen LogP contribution >= 0.6 is 0 Å². The number of rotatable bonds is 8. The number of hydrogen-bond acceptors (Lipinski definition) is 6. The van der Waals surface area contributed by atoms with Gasteiger partial charge in [-0.15, -0.1) is 0 Å². The highest BCUT2D eigenvalue weighted by Gasteiger charge is 2.28. The van der Waals surface area contributed by atoms with Gasteiger partial charge in [0.15, 0.2) is 11.6 Å². The van der Waals surface area contributed by atoms with Crippen molar-refractivity contribution in [3.8, 4) is 0 Å². The molecule has 1 heterocycles. The summed E-state index contributed by atoms with van der Waals surface area (Å²) in [6, 6.07) is 0. The molecule has 28 heavy (non-hydrogen) atoms. The van der Waals surface area contributed by atoms with Crippen molar-refractivity contribution >= 4 is 17.3 Å². The standard InChI is InChI=1S/C22H30N2O4/c1-2-3-4-5-14-23-15-8-6-9-17(25)21(15)19(27)13-12-16-22-18(26)10-7-11-20(22)28-24-16/h27H,2-14H2,1H3/b21-19-,23-15?. The summed E-state index contributed by atoms with van der Waals surface area (Å²) < 4.78 is 5.30. The number of hydrogen-bond donors (Lipinski definition) is 1. The van der Waals surface area contributed by atoms with Gasteiger partial charge in [0.05, 0.1) is 16.8 Å². The fourth-order valence-corrected chi connectivity index (χ4v) is 3.98. The van der Waals surface area contributed by atoms with Crippen molar-refractivity contribution < 1.29 is 19.2 Å². The molecule has 2 aliphatic carbocycles. The Kier molecular flexibility index (Phi) is 7.18. The monoisotopic (exact) mass is 386 g/mol. The maximum atomic E-state index is 12.4. The predicted molar refractivity (Wildman–Crippen MR) is 107 cm³/mol. The van der Waals surface area contributed by atoms with Crippen LogP contribution in [0.15, 0.2) is 20.8 Å². The van der Waals surface area contributed by atoms with E-state index in [0.29, 0.717) is 48.4 Å². The van der Waals surface area contributed by atoms with E-state index in [1.54, 1.807) is 0 Å².